The summed E-state index contributed by atoms with van der Waals surface area (Å²) in [5.74, 6) is 0.697. The molecule has 0 aliphatic heterocycles. The summed E-state index contributed by atoms with van der Waals surface area (Å²) in [6, 6.07) is 5.37. The minimum atomic E-state index is -0.315. The van der Waals surface area contributed by atoms with Gasteiger partial charge in [-0.1, -0.05) is 5.16 Å². The number of carbonyl (C=O) groups excluding carboxylic acids is 1. The number of hydrogen-bond donors (Lipinski definition) is 1. The van der Waals surface area contributed by atoms with Gasteiger partial charge in [-0.15, -0.1) is 11.3 Å². The zero-order valence-electron chi connectivity index (χ0n) is 10.5. The van der Waals surface area contributed by atoms with Crippen molar-refractivity contribution in [1.29, 1.82) is 0 Å². The molecule has 100 valence electrons. The first-order valence-electron chi connectivity index (χ1n) is 5.83. The lowest BCUT2D eigenvalue weighted by atomic mass is 10.3. The summed E-state index contributed by atoms with van der Waals surface area (Å²) in [5, 5.41) is 8.78. The van der Waals surface area contributed by atoms with Crippen molar-refractivity contribution in [1.82, 2.24) is 15.1 Å². The molecule has 0 spiro atoms. The Labute approximate surface area is 118 Å². The third-order valence-corrected chi connectivity index (χ3v) is 3.41. The molecule has 0 saturated carbocycles. The van der Waals surface area contributed by atoms with E-state index >= 15 is 0 Å². The van der Waals surface area contributed by atoms with Crippen molar-refractivity contribution in [3.63, 3.8) is 0 Å². The maximum absolute atomic E-state index is 12.0. The van der Waals surface area contributed by atoms with Gasteiger partial charge in [0.2, 0.25) is 0 Å². The fourth-order valence-electron chi connectivity index (χ4n) is 1.61. The molecule has 0 fully saturated rings. The van der Waals surface area contributed by atoms with E-state index in [4.69, 9.17) is 4.52 Å². The van der Waals surface area contributed by atoms with E-state index in [-0.39, 0.29) is 5.91 Å². The Morgan fingerprint density at radius 3 is 3.05 bits per heavy atom. The maximum Gasteiger partial charge on any atom is 0.276 e. The SMILES string of the molecule is Cc1cc(NC(=O)c2csc(-c3cccnc3)n2)no1. The highest BCUT2D eigenvalue weighted by Gasteiger charge is 2.13. The zero-order valence-corrected chi connectivity index (χ0v) is 11.3. The Morgan fingerprint density at radius 1 is 1.45 bits per heavy atom. The van der Waals surface area contributed by atoms with Crippen LogP contribution in [-0.2, 0) is 0 Å². The van der Waals surface area contributed by atoms with Crippen molar-refractivity contribution >= 4 is 23.1 Å². The second-order valence-corrected chi connectivity index (χ2v) is 4.91. The minimum absolute atomic E-state index is 0.315. The van der Waals surface area contributed by atoms with E-state index in [1.54, 1.807) is 30.8 Å². The van der Waals surface area contributed by atoms with Crippen LogP contribution < -0.4 is 5.32 Å². The minimum Gasteiger partial charge on any atom is -0.360 e. The molecule has 7 heteroatoms. The molecule has 3 aromatic rings. The number of pyridine rings is 1. The fraction of sp³-hybridized carbons (Fsp3) is 0.0769. The largest absolute Gasteiger partial charge is 0.360 e. The van der Waals surface area contributed by atoms with Crippen LogP contribution in [0, 0.1) is 6.92 Å². The molecule has 6 nitrogen and oxygen atoms in total. The number of amides is 1. The number of nitrogens with zero attached hydrogens (tertiary/aromatic N) is 3. The first-order chi connectivity index (χ1) is 9.72. The van der Waals surface area contributed by atoms with E-state index in [1.165, 1.54) is 11.3 Å². The van der Waals surface area contributed by atoms with Crippen molar-refractivity contribution < 1.29 is 9.32 Å². The van der Waals surface area contributed by atoms with E-state index in [1.807, 2.05) is 12.1 Å². The molecule has 20 heavy (non-hydrogen) atoms. The summed E-state index contributed by atoms with van der Waals surface area (Å²) in [6.07, 6.45) is 3.40. The Kier molecular flexibility index (Phi) is 3.26. The number of rotatable bonds is 3. The van der Waals surface area contributed by atoms with Gasteiger partial charge in [-0.3, -0.25) is 9.78 Å². The Morgan fingerprint density at radius 2 is 2.35 bits per heavy atom. The van der Waals surface area contributed by atoms with E-state index in [0.29, 0.717) is 17.3 Å². The van der Waals surface area contributed by atoms with Gasteiger partial charge in [-0.05, 0) is 19.1 Å². The highest BCUT2D eigenvalue weighted by Crippen LogP contribution is 2.23. The molecule has 0 unspecified atom stereocenters. The Bertz CT molecular complexity index is 736. The molecular weight excluding hydrogens is 276 g/mol. The Hall–Kier alpha value is -2.54. The first kappa shape index (κ1) is 12.5. The molecule has 1 amide bonds. The van der Waals surface area contributed by atoms with Crippen LogP contribution in [0.15, 0.2) is 40.5 Å². The van der Waals surface area contributed by atoms with Crippen molar-refractivity contribution in [3.8, 4) is 10.6 Å². The average Bonchev–Trinajstić information content (AvgIpc) is 3.09. The average molecular weight is 286 g/mol. The van der Waals surface area contributed by atoms with Crippen molar-refractivity contribution in [2.45, 2.75) is 6.92 Å². The number of aryl methyl sites for hydroxylation is 1. The lowest BCUT2D eigenvalue weighted by Crippen LogP contribution is -2.12. The Balaban J connectivity index is 1.78. The summed E-state index contributed by atoms with van der Waals surface area (Å²) in [4.78, 5) is 20.3. The van der Waals surface area contributed by atoms with Crippen molar-refractivity contribution in [2.75, 3.05) is 5.32 Å². The summed E-state index contributed by atoms with van der Waals surface area (Å²) in [7, 11) is 0. The first-order valence-corrected chi connectivity index (χ1v) is 6.71. The van der Waals surface area contributed by atoms with Crippen LogP contribution in [-0.4, -0.2) is 21.0 Å². The lowest BCUT2D eigenvalue weighted by Gasteiger charge is -1.96. The quantitative estimate of drug-likeness (QED) is 0.800. The van der Waals surface area contributed by atoms with Crippen LogP contribution >= 0.6 is 11.3 Å². The van der Waals surface area contributed by atoms with Gasteiger partial charge in [0.1, 0.15) is 16.5 Å². The van der Waals surface area contributed by atoms with Crippen molar-refractivity contribution in [2.24, 2.45) is 0 Å². The lowest BCUT2D eigenvalue weighted by molar-refractivity contribution is 0.102. The molecule has 3 aromatic heterocycles. The summed E-state index contributed by atoms with van der Waals surface area (Å²) in [6.45, 7) is 1.76. The van der Waals surface area contributed by atoms with Crippen LogP contribution in [0.3, 0.4) is 0 Å². The van der Waals surface area contributed by atoms with E-state index in [0.717, 1.165) is 10.6 Å². The third kappa shape index (κ3) is 2.57. The molecule has 3 heterocycles. The topological polar surface area (TPSA) is 80.9 Å². The molecule has 3 rings (SSSR count). The molecule has 1 N–H and O–H groups in total. The second kappa shape index (κ2) is 5.22. The monoisotopic (exact) mass is 286 g/mol. The zero-order chi connectivity index (χ0) is 13.9. The predicted octanol–water partition coefficient (Wildman–Crippen LogP) is 2.75. The molecule has 0 aromatic carbocycles. The summed E-state index contributed by atoms with van der Waals surface area (Å²) >= 11 is 1.39. The van der Waals surface area contributed by atoms with Crippen LogP contribution in [0.5, 0.6) is 0 Å². The molecule has 0 atom stereocenters. The van der Waals surface area contributed by atoms with Gasteiger partial charge in [-0.2, -0.15) is 0 Å². The van der Waals surface area contributed by atoms with Gasteiger partial charge in [-0.25, -0.2) is 4.98 Å². The molecule has 0 bridgehead atoms. The summed E-state index contributed by atoms with van der Waals surface area (Å²) in [5.41, 5.74) is 1.23. The second-order valence-electron chi connectivity index (χ2n) is 4.06. The fourth-order valence-corrected chi connectivity index (χ4v) is 2.40. The van der Waals surface area contributed by atoms with Gasteiger partial charge in [0.05, 0.1) is 0 Å². The smallest absolute Gasteiger partial charge is 0.276 e. The number of thiazole rings is 1. The number of carbonyl (C=O) groups is 1. The number of aromatic nitrogens is 3. The number of nitrogens with one attached hydrogen (secondary N) is 1. The molecule has 0 saturated heterocycles. The van der Waals surface area contributed by atoms with Gasteiger partial charge in [0.25, 0.3) is 5.91 Å². The third-order valence-electron chi connectivity index (χ3n) is 2.51. The van der Waals surface area contributed by atoms with Crippen LogP contribution in [0.2, 0.25) is 0 Å². The molecule has 0 aliphatic rings. The summed E-state index contributed by atoms with van der Waals surface area (Å²) < 4.78 is 4.88. The number of hydrogen-bond acceptors (Lipinski definition) is 6. The van der Waals surface area contributed by atoms with Crippen molar-refractivity contribution in [3.05, 3.63) is 47.4 Å². The van der Waals surface area contributed by atoms with E-state index < -0.39 is 0 Å². The van der Waals surface area contributed by atoms with Crippen LogP contribution in [0.25, 0.3) is 10.6 Å². The van der Waals surface area contributed by atoms with E-state index in [2.05, 4.69) is 20.4 Å². The predicted molar refractivity (Wildman–Crippen MR) is 74.5 cm³/mol. The van der Waals surface area contributed by atoms with Crippen LogP contribution in [0.4, 0.5) is 5.82 Å². The highest BCUT2D eigenvalue weighted by atomic mass is 32.1. The van der Waals surface area contributed by atoms with Gasteiger partial charge >= 0.3 is 0 Å². The molecule has 0 radical (unpaired) electrons. The van der Waals surface area contributed by atoms with E-state index in [9.17, 15) is 4.79 Å². The van der Waals surface area contributed by atoms with Gasteiger partial charge in [0.15, 0.2) is 5.82 Å². The van der Waals surface area contributed by atoms with Gasteiger partial charge in [0, 0.05) is 29.4 Å². The standard InChI is InChI=1S/C13H10N4O2S/c1-8-5-11(17-19-8)16-12(18)10-7-20-13(15-10)9-3-2-4-14-6-9/h2-7H,1H3,(H,16,17,18). The molecular formula is C13H10N4O2S. The molecule has 0 aliphatic carbocycles. The normalized spacial score (nSPS) is 10.4. The van der Waals surface area contributed by atoms with Gasteiger partial charge < -0.3 is 9.84 Å². The van der Waals surface area contributed by atoms with Crippen LogP contribution in [0.1, 0.15) is 16.2 Å². The number of anilines is 1. The highest BCUT2D eigenvalue weighted by molar-refractivity contribution is 7.13. The maximum atomic E-state index is 12.0.